The third kappa shape index (κ3) is 2.80. The minimum atomic E-state index is 0.840. The summed E-state index contributed by atoms with van der Waals surface area (Å²) in [5, 5.41) is 3.94. The minimum Gasteiger partial charge on any atom is -0.497 e. The van der Waals surface area contributed by atoms with E-state index in [0.29, 0.717) is 0 Å². The molecule has 0 saturated heterocycles. The second-order valence-corrected chi connectivity index (χ2v) is 4.18. The van der Waals surface area contributed by atoms with Crippen molar-refractivity contribution in [3.63, 3.8) is 0 Å². The van der Waals surface area contributed by atoms with E-state index in [9.17, 15) is 0 Å². The maximum Gasteiger partial charge on any atom is 0.137 e. The van der Waals surface area contributed by atoms with Gasteiger partial charge in [0.2, 0.25) is 0 Å². The first-order chi connectivity index (χ1) is 8.70. The van der Waals surface area contributed by atoms with Crippen LogP contribution in [0.4, 0.5) is 0 Å². The lowest BCUT2D eigenvalue weighted by Gasteiger charge is -1.99. The van der Waals surface area contributed by atoms with E-state index < -0.39 is 0 Å². The number of methoxy groups -OCH3 is 1. The average molecular weight is 243 g/mol. The highest BCUT2D eigenvalue weighted by molar-refractivity contribution is 5.51. The van der Waals surface area contributed by atoms with Crippen LogP contribution in [-0.2, 0) is 6.42 Å². The molecule has 0 spiro atoms. The molecule has 94 valence electrons. The van der Waals surface area contributed by atoms with Gasteiger partial charge in [-0.2, -0.15) is 0 Å². The summed E-state index contributed by atoms with van der Waals surface area (Å²) >= 11 is 0. The van der Waals surface area contributed by atoms with E-state index in [2.05, 4.69) is 17.3 Å². The Morgan fingerprint density at radius 1 is 1.22 bits per heavy atom. The normalized spacial score (nSPS) is 11.1. The summed E-state index contributed by atoms with van der Waals surface area (Å²) in [4.78, 5) is 0. The number of hydrogen-bond donors (Lipinski definition) is 0. The van der Waals surface area contributed by atoms with E-state index in [4.69, 9.17) is 9.26 Å². The lowest BCUT2D eigenvalue weighted by molar-refractivity contribution is 0.392. The molecule has 0 amide bonds. The molecule has 0 N–H and O–H groups in total. The van der Waals surface area contributed by atoms with E-state index in [0.717, 1.165) is 29.2 Å². The summed E-state index contributed by atoms with van der Waals surface area (Å²) in [6.07, 6.45) is 5.05. The van der Waals surface area contributed by atoms with Crippen LogP contribution in [0.3, 0.4) is 0 Å². The van der Waals surface area contributed by atoms with Crippen LogP contribution >= 0.6 is 0 Å². The van der Waals surface area contributed by atoms with Gasteiger partial charge in [-0.15, -0.1) is 0 Å². The molecular formula is C15H17NO2. The number of benzene rings is 1. The Morgan fingerprint density at radius 3 is 2.50 bits per heavy atom. The topological polar surface area (TPSA) is 35.3 Å². The summed E-state index contributed by atoms with van der Waals surface area (Å²) < 4.78 is 10.2. The second-order valence-electron chi connectivity index (χ2n) is 4.18. The van der Waals surface area contributed by atoms with Crippen molar-refractivity contribution < 1.29 is 9.26 Å². The Bertz CT molecular complexity index is 519. The van der Waals surface area contributed by atoms with Crippen molar-refractivity contribution >= 4 is 6.08 Å². The third-order valence-electron chi connectivity index (χ3n) is 2.93. The molecule has 0 aliphatic heterocycles. The molecule has 0 aliphatic rings. The molecular weight excluding hydrogens is 226 g/mol. The predicted octanol–water partition coefficient (Wildman–Crippen LogP) is 3.56. The van der Waals surface area contributed by atoms with Gasteiger partial charge in [0.05, 0.1) is 12.8 Å². The Hall–Kier alpha value is -2.03. The lowest BCUT2D eigenvalue weighted by Crippen LogP contribution is -1.85. The highest BCUT2D eigenvalue weighted by atomic mass is 16.5. The van der Waals surface area contributed by atoms with Crippen LogP contribution in [0.15, 0.2) is 34.9 Å². The lowest BCUT2D eigenvalue weighted by atomic mass is 10.1. The Morgan fingerprint density at radius 2 is 1.94 bits per heavy atom. The molecule has 3 heteroatoms. The summed E-state index contributed by atoms with van der Waals surface area (Å²) in [5.74, 6) is 1.77. The molecule has 0 unspecified atom stereocenters. The van der Waals surface area contributed by atoms with Gasteiger partial charge >= 0.3 is 0 Å². The zero-order valence-electron chi connectivity index (χ0n) is 10.9. The summed E-state index contributed by atoms with van der Waals surface area (Å²) in [5.41, 5.74) is 3.29. The van der Waals surface area contributed by atoms with Gasteiger partial charge in [-0.1, -0.05) is 29.4 Å². The van der Waals surface area contributed by atoms with E-state index >= 15 is 0 Å². The molecule has 2 aromatic rings. The van der Waals surface area contributed by atoms with Crippen molar-refractivity contribution in [2.45, 2.75) is 20.3 Å². The summed E-state index contributed by atoms with van der Waals surface area (Å²) in [7, 11) is 1.67. The molecule has 0 saturated carbocycles. The second kappa shape index (κ2) is 5.54. The van der Waals surface area contributed by atoms with Crippen LogP contribution < -0.4 is 4.74 Å². The first-order valence-corrected chi connectivity index (χ1v) is 5.93. The van der Waals surface area contributed by atoms with E-state index in [1.807, 2.05) is 38.1 Å². The van der Waals surface area contributed by atoms with Crippen LogP contribution in [0.1, 0.15) is 22.6 Å². The zero-order valence-corrected chi connectivity index (χ0v) is 10.9. The quantitative estimate of drug-likeness (QED) is 0.823. The SMILES string of the molecule is COc1ccc(/C=C/Cc2c(C)noc2C)cc1. The number of allylic oxidation sites excluding steroid dienone is 1. The molecule has 1 heterocycles. The zero-order chi connectivity index (χ0) is 13.0. The number of nitrogens with zero attached hydrogens (tertiary/aromatic N) is 1. The molecule has 1 aromatic heterocycles. The van der Waals surface area contributed by atoms with Gasteiger partial charge in [0.1, 0.15) is 11.5 Å². The molecule has 3 nitrogen and oxygen atoms in total. The fourth-order valence-corrected chi connectivity index (χ4v) is 1.82. The monoisotopic (exact) mass is 243 g/mol. The molecule has 0 aliphatic carbocycles. The smallest absolute Gasteiger partial charge is 0.137 e. The molecule has 1 aromatic carbocycles. The van der Waals surface area contributed by atoms with Gasteiger partial charge in [-0.25, -0.2) is 0 Å². The fraction of sp³-hybridized carbons (Fsp3) is 0.267. The number of aromatic nitrogens is 1. The van der Waals surface area contributed by atoms with E-state index in [1.54, 1.807) is 7.11 Å². The summed E-state index contributed by atoms with van der Waals surface area (Å²) in [6.45, 7) is 3.91. The molecule has 18 heavy (non-hydrogen) atoms. The van der Waals surface area contributed by atoms with Crippen LogP contribution in [0.25, 0.3) is 6.08 Å². The predicted molar refractivity (Wildman–Crippen MR) is 71.7 cm³/mol. The number of aryl methyl sites for hydroxylation is 2. The average Bonchev–Trinajstić information content (AvgIpc) is 2.71. The van der Waals surface area contributed by atoms with Crippen molar-refractivity contribution in [3.05, 3.63) is 52.9 Å². The van der Waals surface area contributed by atoms with Crippen LogP contribution in [0.5, 0.6) is 5.75 Å². The Labute approximate surface area is 107 Å². The van der Waals surface area contributed by atoms with Gasteiger partial charge in [-0.05, 0) is 38.0 Å². The van der Waals surface area contributed by atoms with Crippen molar-refractivity contribution in [1.82, 2.24) is 5.16 Å². The van der Waals surface area contributed by atoms with Gasteiger partial charge in [0.15, 0.2) is 0 Å². The van der Waals surface area contributed by atoms with Crippen molar-refractivity contribution in [2.24, 2.45) is 0 Å². The van der Waals surface area contributed by atoms with Crippen LogP contribution in [-0.4, -0.2) is 12.3 Å². The maximum absolute atomic E-state index is 5.13. The Kier molecular flexibility index (Phi) is 3.82. The fourth-order valence-electron chi connectivity index (χ4n) is 1.82. The third-order valence-corrected chi connectivity index (χ3v) is 2.93. The number of hydrogen-bond acceptors (Lipinski definition) is 3. The van der Waals surface area contributed by atoms with E-state index in [-0.39, 0.29) is 0 Å². The number of rotatable bonds is 4. The molecule has 2 rings (SSSR count). The van der Waals surface area contributed by atoms with Gasteiger partial charge in [-0.3, -0.25) is 0 Å². The maximum atomic E-state index is 5.13. The highest BCUT2D eigenvalue weighted by Gasteiger charge is 2.05. The first kappa shape index (κ1) is 12.4. The van der Waals surface area contributed by atoms with E-state index in [1.165, 1.54) is 5.56 Å². The van der Waals surface area contributed by atoms with Gasteiger partial charge in [0.25, 0.3) is 0 Å². The van der Waals surface area contributed by atoms with Crippen molar-refractivity contribution in [1.29, 1.82) is 0 Å². The standard InChI is InChI=1S/C15H17NO2/c1-11-15(12(2)18-16-11)6-4-5-13-7-9-14(17-3)10-8-13/h4-5,7-10H,6H2,1-3H3/b5-4+. The van der Waals surface area contributed by atoms with Crippen LogP contribution in [0, 0.1) is 13.8 Å². The van der Waals surface area contributed by atoms with Crippen LogP contribution in [0.2, 0.25) is 0 Å². The van der Waals surface area contributed by atoms with Gasteiger partial charge < -0.3 is 9.26 Å². The first-order valence-electron chi connectivity index (χ1n) is 5.93. The molecule has 0 atom stereocenters. The molecule has 0 fully saturated rings. The van der Waals surface area contributed by atoms with Crippen molar-refractivity contribution in [3.8, 4) is 5.75 Å². The molecule has 0 bridgehead atoms. The largest absolute Gasteiger partial charge is 0.497 e. The van der Waals surface area contributed by atoms with Crippen molar-refractivity contribution in [2.75, 3.05) is 7.11 Å². The Balaban J connectivity index is 2.03. The minimum absolute atomic E-state index is 0.840. The highest BCUT2D eigenvalue weighted by Crippen LogP contribution is 2.15. The molecule has 0 radical (unpaired) electrons. The summed E-state index contributed by atoms with van der Waals surface area (Å²) in [6, 6.07) is 7.97. The van der Waals surface area contributed by atoms with Gasteiger partial charge in [0, 0.05) is 5.56 Å². The number of ether oxygens (including phenoxy) is 1.